The van der Waals surface area contributed by atoms with Crippen molar-refractivity contribution in [1.29, 1.82) is 0 Å². The molecule has 1 N–H and O–H groups in total. The second kappa shape index (κ2) is 1.88. The first-order valence-electron chi connectivity index (χ1n) is 4.33. The molecule has 4 heteroatoms. The smallest absolute Gasteiger partial charge is 0.223 e. The summed E-state index contributed by atoms with van der Waals surface area (Å²) in [4.78, 5) is 4.29. The lowest BCUT2D eigenvalue weighted by atomic mass is 10.1. The van der Waals surface area contributed by atoms with Gasteiger partial charge in [-0.2, -0.15) is 4.98 Å². The van der Waals surface area contributed by atoms with Crippen LogP contribution in [-0.2, 0) is 5.41 Å². The maximum Gasteiger partial charge on any atom is 0.223 e. The number of nitrogens with one attached hydrogen (secondary N) is 1. The average Bonchev–Trinajstić information content (AvgIpc) is 2.50. The standard InChI is InChI=1S/C8H11N3O/c1-5-10-7(11-12-5)8-2-6(8)3-9-4-8/h6,9H,2-4H2,1H3. The maximum atomic E-state index is 4.98. The number of hydrogen-bond acceptors (Lipinski definition) is 4. The van der Waals surface area contributed by atoms with Gasteiger partial charge < -0.3 is 9.84 Å². The number of rotatable bonds is 1. The Labute approximate surface area is 70.3 Å². The Balaban J connectivity index is 1.99. The van der Waals surface area contributed by atoms with E-state index in [1.807, 2.05) is 6.92 Å². The summed E-state index contributed by atoms with van der Waals surface area (Å²) in [6.45, 7) is 3.98. The fourth-order valence-electron chi connectivity index (χ4n) is 2.19. The molecule has 2 unspecified atom stereocenters. The zero-order valence-electron chi connectivity index (χ0n) is 7.00. The van der Waals surface area contributed by atoms with Crippen LogP contribution in [0, 0.1) is 12.8 Å². The molecule has 1 saturated carbocycles. The summed E-state index contributed by atoms with van der Waals surface area (Å²) >= 11 is 0. The predicted octanol–water partition coefficient (Wildman–Crippen LogP) is 0.239. The van der Waals surface area contributed by atoms with Crippen LogP contribution < -0.4 is 5.32 Å². The SMILES string of the molecule is Cc1nc(C23CNCC2C3)no1. The molecule has 2 aliphatic rings. The lowest BCUT2D eigenvalue weighted by Gasteiger charge is -2.03. The number of nitrogens with zero attached hydrogens (tertiary/aromatic N) is 2. The van der Waals surface area contributed by atoms with E-state index >= 15 is 0 Å². The predicted molar refractivity (Wildman–Crippen MR) is 41.7 cm³/mol. The Bertz CT molecular complexity index is 322. The molecular weight excluding hydrogens is 154 g/mol. The summed E-state index contributed by atoms with van der Waals surface area (Å²) in [5, 5.41) is 7.33. The molecule has 0 radical (unpaired) electrons. The van der Waals surface area contributed by atoms with E-state index in [0.717, 1.165) is 24.8 Å². The highest BCUT2D eigenvalue weighted by Gasteiger charge is 2.61. The lowest BCUT2D eigenvalue weighted by Crippen LogP contribution is -2.20. The molecule has 1 saturated heterocycles. The fraction of sp³-hybridized carbons (Fsp3) is 0.750. The van der Waals surface area contributed by atoms with E-state index < -0.39 is 0 Å². The van der Waals surface area contributed by atoms with Gasteiger partial charge in [-0.05, 0) is 18.9 Å². The number of aromatic nitrogens is 2. The quantitative estimate of drug-likeness (QED) is 0.647. The van der Waals surface area contributed by atoms with Gasteiger partial charge >= 0.3 is 0 Å². The Hall–Kier alpha value is -0.900. The van der Waals surface area contributed by atoms with Crippen molar-refractivity contribution in [3.63, 3.8) is 0 Å². The minimum Gasteiger partial charge on any atom is -0.340 e. The monoisotopic (exact) mass is 165 g/mol. The van der Waals surface area contributed by atoms with Crippen molar-refractivity contribution in [2.24, 2.45) is 5.92 Å². The van der Waals surface area contributed by atoms with E-state index in [2.05, 4.69) is 15.5 Å². The first kappa shape index (κ1) is 6.60. The van der Waals surface area contributed by atoms with Crippen LogP contribution in [-0.4, -0.2) is 23.2 Å². The molecule has 0 bridgehead atoms. The average molecular weight is 165 g/mol. The van der Waals surface area contributed by atoms with Gasteiger partial charge in [-0.25, -0.2) is 0 Å². The van der Waals surface area contributed by atoms with Crippen molar-refractivity contribution in [2.75, 3.05) is 13.1 Å². The van der Waals surface area contributed by atoms with Crippen molar-refractivity contribution in [3.05, 3.63) is 11.7 Å². The topological polar surface area (TPSA) is 51.0 Å². The highest BCUT2D eigenvalue weighted by molar-refractivity contribution is 5.26. The van der Waals surface area contributed by atoms with Crippen LogP contribution in [0.15, 0.2) is 4.52 Å². The molecule has 4 nitrogen and oxygen atoms in total. The zero-order valence-corrected chi connectivity index (χ0v) is 7.00. The molecule has 1 aliphatic heterocycles. The number of fused-ring (bicyclic) bond motifs is 1. The van der Waals surface area contributed by atoms with Crippen molar-refractivity contribution in [3.8, 4) is 0 Å². The molecule has 0 spiro atoms. The van der Waals surface area contributed by atoms with E-state index in [1.165, 1.54) is 6.42 Å². The lowest BCUT2D eigenvalue weighted by molar-refractivity contribution is 0.381. The third-order valence-electron chi connectivity index (χ3n) is 3.04. The van der Waals surface area contributed by atoms with Gasteiger partial charge in [-0.15, -0.1) is 0 Å². The molecule has 3 rings (SSSR count). The second-order valence-corrected chi connectivity index (χ2v) is 3.83. The summed E-state index contributed by atoms with van der Waals surface area (Å²) < 4.78 is 4.98. The van der Waals surface area contributed by atoms with Gasteiger partial charge in [0.15, 0.2) is 5.82 Å². The van der Waals surface area contributed by atoms with Crippen molar-refractivity contribution < 1.29 is 4.52 Å². The van der Waals surface area contributed by atoms with Crippen LogP contribution in [0.2, 0.25) is 0 Å². The molecule has 64 valence electrons. The first-order chi connectivity index (χ1) is 5.81. The molecule has 0 aromatic carbocycles. The van der Waals surface area contributed by atoms with Crippen LogP contribution in [0.4, 0.5) is 0 Å². The van der Waals surface area contributed by atoms with E-state index in [-0.39, 0.29) is 5.41 Å². The normalized spacial score (nSPS) is 38.2. The molecule has 12 heavy (non-hydrogen) atoms. The molecule has 2 heterocycles. The summed E-state index contributed by atoms with van der Waals surface area (Å²) in [7, 11) is 0. The molecular formula is C8H11N3O. The fourth-order valence-corrected chi connectivity index (χ4v) is 2.19. The Morgan fingerprint density at radius 2 is 2.58 bits per heavy atom. The van der Waals surface area contributed by atoms with Gasteiger partial charge in [-0.1, -0.05) is 5.16 Å². The molecule has 1 aliphatic carbocycles. The Kier molecular flexibility index (Phi) is 1.03. The Morgan fingerprint density at radius 3 is 3.08 bits per heavy atom. The van der Waals surface area contributed by atoms with Gasteiger partial charge in [0.2, 0.25) is 5.89 Å². The highest BCUT2D eigenvalue weighted by Crippen LogP contribution is 2.55. The third kappa shape index (κ3) is 0.659. The summed E-state index contributed by atoms with van der Waals surface area (Å²) in [5.74, 6) is 2.35. The molecule has 2 fully saturated rings. The summed E-state index contributed by atoms with van der Waals surface area (Å²) in [6.07, 6.45) is 1.24. The van der Waals surface area contributed by atoms with Crippen molar-refractivity contribution in [2.45, 2.75) is 18.8 Å². The minimum atomic E-state index is 0.248. The first-order valence-corrected chi connectivity index (χ1v) is 4.33. The van der Waals surface area contributed by atoms with Crippen LogP contribution in [0.25, 0.3) is 0 Å². The van der Waals surface area contributed by atoms with Crippen molar-refractivity contribution >= 4 is 0 Å². The Morgan fingerprint density at radius 1 is 1.67 bits per heavy atom. The van der Waals surface area contributed by atoms with E-state index in [9.17, 15) is 0 Å². The van der Waals surface area contributed by atoms with Gasteiger partial charge in [0.1, 0.15) is 0 Å². The van der Waals surface area contributed by atoms with Crippen LogP contribution >= 0.6 is 0 Å². The van der Waals surface area contributed by atoms with Gasteiger partial charge in [0.05, 0.1) is 5.41 Å². The van der Waals surface area contributed by atoms with Gasteiger partial charge in [0.25, 0.3) is 0 Å². The van der Waals surface area contributed by atoms with Crippen LogP contribution in [0.5, 0.6) is 0 Å². The van der Waals surface area contributed by atoms with E-state index in [4.69, 9.17) is 4.52 Å². The zero-order chi connectivity index (χ0) is 8.18. The van der Waals surface area contributed by atoms with E-state index in [1.54, 1.807) is 0 Å². The van der Waals surface area contributed by atoms with E-state index in [0.29, 0.717) is 5.89 Å². The van der Waals surface area contributed by atoms with Gasteiger partial charge in [0, 0.05) is 13.5 Å². The summed E-state index contributed by atoms with van der Waals surface area (Å²) in [6, 6.07) is 0. The number of hydrogen-bond donors (Lipinski definition) is 1. The third-order valence-corrected chi connectivity index (χ3v) is 3.04. The number of piperidine rings is 1. The highest BCUT2D eigenvalue weighted by atomic mass is 16.5. The van der Waals surface area contributed by atoms with Gasteiger partial charge in [-0.3, -0.25) is 0 Å². The molecule has 2 atom stereocenters. The second-order valence-electron chi connectivity index (χ2n) is 3.83. The van der Waals surface area contributed by atoms with Crippen molar-refractivity contribution in [1.82, 2.24) is 15.5 Å². The molecule has 1 aromatic rings. The van der Waals surface area contributed by atoms with Crippen LogP contribution in [0.3, 0.4) is 0 Å². The van der Waals surface area contributed by atoms with Crippen LogP contribution in [0.1, 0.15) is 18.1 Å². The largest absolute Gasteiger partial charge is 0.340 e. The summed E-state index contributed by atoms with van der Waals surface area (Å²) in [5.41, 5.74) is 0.248. The maximum absolute atomic E-state index is 4.98. The molecule has 1 aromatic heterocycles. The number of aryl methyl sites for hydroxylation is 1. The minimum absolute atomic E-state index is 0.248. The molecule has 0 amide bonds.